The molecule has 0 unspecified atom stereocenters. The van der Waals surface area contributed by atoms with Crippen LogP contribution in [0.3, 0.4) is 0 Å². The number of nitrogens with zero attached hydrogens (tertiary/aromatic N) is 2. The molecule has 0 N–H and O–H groups in total. The lowest BCUT2D eigenvalue weighted by Crippen LogP contribution is -2.09. The minimum Gasteiger partial charge on any atom is -0.456 e. The Morgan fingerprint density at radius 1 is 0.308 bits per heavy atom. The minimum absolute atomic E-state index is 0.900. The number of fused-ring (bicyclic) bond motifs is 9. The molecule has 65 heavy (non-hydrogen) atoms. The summed E-state index contributed by atoms with van der Waals surface area (Å²) in [5, 5.41) is 9.78. The molecule has 3 nitrogen and oxygen atoms in total. The van der Waals surface area contributed by atoms with Gasteiger partial charge in [-0.15, -0.1) is 0 Å². The van der Waals surface area contributed by atoms with Gasteiger partial charge in [-0.1, -0.05) is 170 Å². The van der Waals surface area contributed by atoms with Crippen LogP contribution in [0.4, 0.5) is 17.1 Å². The standard InChI is InChI=1S/C62H40N2O/c1-2-14-52-44(11-1)27-28-47-40-51(37-38-53(47)52)63(49-35-31-45(32-36-49)54-18-10-22-61-62(54)57-17-5-8-21-60(57)65-61)48-33-29-42(30-34-48)41-23-25-43(26-24-41)46-12-9-13-50(39-46)64-58-19-6-3-15-55(58)56-16-4-7-20-59(56)64/h1-40H. The Hall–Kier alpha value is -8.66. The maximum atomic E-state index is 6.25. The summed E-state index contributed by atoms with van der Waals surface area (Å²) in [6.07, 6.45) is 0. The second-order valence-corrected chi connectivity index (χ2v) is 16.9. The van der Waals surface area contributed by atoms with Crippen molar-refractivity contribution in [2.24, 2.45) is 0 Å². The molecule has 13 aromatic rings. The molecule has 0 bridgehead atoms. The molecule has 0 amide bonds. The topological polar surface area (TPSA) is 21.3 Å². The van der Waals surface area contributed by atoms with Gasteiger partial charge in [0, 0.05) is 44.3 Å². The monoisotopic (exact) mass is 828 g/mol. The molecule has 0 spiro atoms. The molecular formula is C62H40N2O. The highest BCUT2D eigenvalue weighted by molar-refractivity contribution is 6.13. The van der Waals surface area contributed by atoms with E-state index in [2.05, 4.69) is 240 Å². The van der Waals surface area contributed by atoms with Crippen molar-refractivity contribution in [2.45, 2.75) is 0 Å². The van der Waals surface area contributed by atoms with E-state index in [1.54, 1.807) is 0 Å². The predicted octanol–water partition coefficient (Wildman–Crippen LogP) is 17.5. The molecule has 13 rings (SSSR count). The normalized spacial score (nSPS) is 11.7. The van der Waals surface area contributed by atoms with Crippen molar-refractivity contribution in [3.63, 3.8) is 0 Å². The summed E-state index contributed by atoms with van der Waals surface area (Å²) in [7, 11) is 0. The van der Waals surface area contributed by atoms with Crippen LogP contribution in [0.5, 0.6) is 0 Å². The van der Waals surface area contributed by atoms with Crippen molar-refractivity contribution >= 4 is 82.4 Å². The van der Waals surface area contributed by atoms with Crippen LogP contribution in [0.1, 0.15) is 0 Å². The zero-order valence-corrected chi connectivity index (χ0v) is 35.4. The average molecular weight is 829 g/mol. The molecule has 2 heterocycles. The van der Waals surface area contributed by atoms with E-state index < -0.39 is 0 Å². The maximum Gasteiger partial charge on any atom is 0.136 e. The minimum atomic E-state index is 0.900. The maximum absolute atomic E-state index is 6.25. The third kappa shape index (κ3) is 6.20. The molecule has 0 fully saturated rings. The number of furan rings is 1. The van der Waals surface area contributed by atoms with E-state index in [1.807, 2.05) is 12.1 Å². The summed E-state index contributed by atoms with van der Waals surface area (Å²) < 4.78 is 8.63. The van der Waals surface area contributed by atoms with E-state index in [-0.39, 0.29) is 0 Å². The van der Waals surface area contributed by atoms with Gasteiger partial charge in [0.1, 0.15) is 11.2 Å². The Bertz CT molecular complexity index is 3880. The van der Waals surface area contributed by atoms with E-state index >= 15 is 0 Å². The third-order valence-electron chi connectivity index (χ3n) is 13.2. The van der Waals surface area contributed by atoms with Crippen LogP contribution in [0, 0.1) is 0 Å². The highest BCUT2D eigenvalue weighted by Crippen LogP contribution is 2.42. The number of anilines is 3. The zero-order valence-electron chi connectivity index (χ0n) is 35.4. The first-order valence-electron chi connectivity index (χ1n) is 22.2. The Labute approximate surface area is 376 Å². The van der Waals surface area contributed by atoms with Gasteiger partial charge in [-0.25, -0.2) is 0 Å². The van der Waals surface area contributed by atoms with Crippen LogP contribution >= 0.6 is 0 Å². The molecule has 0 aliphatic rings. The summed E-state index contributed by atoms with van der Waals surface area (Å²) in [5.74, 6) is 0. The Morgan fingerprint density at radius 3 is 1.55 bits per heavy atom. The van der Waals surface area contributed by atoms with Gasteiger partial charge in [-0.3, -0.25) is 0 Å². The van der Waals surface area contributed by atoms with Crippen molar-refractivity contribution in [3.05, 3.63) is 243 Å². The van der Waals surface area contributed by atoms with E-state index in [4.69, 9.17) is 4.42 Å². The number of benzene rings is 11. The molecule has 0 saturated heterocycles. The van der Waals surface area contributed by atoms with Crippen molar-refractivity contribution < 1.29 is 4.42 Å². The Morgan fingerprint density at radius 2 is 0.831 bits per heavy atom. The van der Waals surface area contributed by atoms with E-state index in [0.717, 1.165) is 55.8 Å². The molecular weight excluding hydrogens is 789 g/mol. The molecule has 11 aromatic carbocycles. The number of rotatable bonds is 7. The lowest BCUT2D eigenvalue weighted by molar-refractivity contribution is 0.669. The third-order valence-corrected chi connectivity index (χ3v) is 13.2. The first-order valence-corrected chi connectivity index (χ1v) is 22.2. The van der Waals surface area contributed by atoms with Gasteiger partial charge in [0.05, 0.1) is 11.0 Å². The van der Waals surface area contributed by atoms with Crippen molar-refractivity contribution in [3.8, 4) is 39.1 Å². The Kier molecular flexibility index (Phi) is 8.53. The first-order chi connectivity index (χ1) is 32.2. The molecule has 2 aromatic heterocycles. The largest absolute Gasteiger partial charge is 0.456 e. The number of hydrogen-bond donors (Lipinski definition) is 0. The second-order valence-electron chi connectivity index (χ2n) is 16.9. The molecule has 0 saturated carbocycles. The second kappa shape index (κ2) is 15.0. The van der Waals surface area contributed by atoms with Gasteiger partial charge in [0.15, 0.2) is 0 Å². The smallest absolute Gasteiger partial charge is 0.136 e. The SMILES string of the molecule is c1cc(-c2ccc(-c3ccc(N(c4ccc(-c5cccc6oc7ccccc7c56)cc4)c4ccc5c(ccc6ccccc65)c4)cc3)cc2)cc(-n2c3ccccc3c3ccccc32)c1. The van der Waals surface area contributed by atoms with Crippen LogP contribution in [0.25, 0.3) is 104 Å². The number of hydrogen-bond acceptors (Lipinski definition) is 2. The van der Waals surface area contributed by atoms with E-state index in [1.165, 1.54) is 65.6 Å². The highest BCUT2D eigenvalue weighted by Gasteiger charge is 2.17. The lowest BCUT2D eigenvalue weighted by atomic mass is 9.98. The average Bonchev–Trinajstić information content (AvgIpc) is 3.93. The first kappa shape index (κ1) is 36.9. The van der Waals surface area contributed by atoms with Gasteiger partial charge < -0.3 is 13.9 Å². The number of aromatic nitrogens is 1. The van der Waals surface area contributed by atoms with Crippen LogP contribution in [-0.2, 0) is 0 Å². The fourth-order valence-electron chi connectivity index (χ4n) is 10.1. The fourth-order valence-corrected chi connectivity index (χ4v) is 10.1. The molecule has 0 aliphatic heterocycles. The number of para-hydroxylation sites is 3. The molecule has 0 radical (unpaired) electrons. The summed E-state index contributed by atoms with van der Waals surface area (Å²) in [5.41, 5.74) is 15.7. The summed E-state index contributed by atoms with van der Waals surface area (Å²) >= 11 is 0. The summed E-state index contributed by atoms with van der Waals surface area (Å²) in [4.78, 5) is 2.36. The molecule has 3 heteroatoms. The van der Waals surface area contributed by atoms with Gasteiger partial charge in [-0.2, -0.15) is 0 Å². The predicted molar refractivity (Wildman–Crippen MR) is 274 cm³/mol. The fraction of sp³-hybridized carbons (Fsp3) is 0. The van der Waals surface area contributed by atoms with Crippen LogP contribution < -0.4 is 4.90 Å². The van der Waals surface area contributed by atoms with Gasteiger partial charge in [0.2, 0.25) is 0 Å². The van der Waals surface area contributed by atoms with Crippen LogP contribution in [0.15, 0.2) is 247 Å². The van der Waals surface area contributed by atoms with Gasteiger partial charge >= 0.3 is 0 Å². The zero-order chi connectivity index (χ0) is 42.8. The van der Waals surface area contributed by atoms with Crippen molar-refractivity contribution in [2.75, 3.05) is 4.90 Å². The quantitative estimate of drug-likeness (QED) is 0.149. The van der Waals surface area contributed by atoms with Gasteiger partial charge in [0.25, 0.3) is 0 Å². The van der Waals surface area contributed by atoms with Crippen LogP contribution in [-0.4, -0.2) is 4.57 Å². The van der Waals surface area contributed by atoms with Crippen molar-refractivity contribution in [1.29, 1.82) is 0 Å². The van der Waals surface area contributed by atoms with E-state index in [0.29, 0.717) is 0 Å². The molecule has 0 atom stereocenters. The van der Waals surface area contributed by atoms with E-state index in [9.17, 15) is 0 Å². The Balaban J connectivity index is 0.850. The molecule has 304 valence electrons. The highest BCUT2D eigenvalue weighted by atomic mass is 16.3. The summed E-state index contributed by atoms with van der Waals surface area (Å²) in [6.45, 7) is 0. The molecule has 0 aliphatic carbocycles. The lowest BCUT2D eigenvalue weighted by Gasteiger charge is -2.26. The van der Waals surface area contributed by atoms with Crippen LogP contribution in [0.2, 0.25) is 0 Å². The van der Waals surface area contributed by atoms with Crippen molar-refractivity contribution in [1.82, 2.24) is 4.57 Å². The summed E-state index contributed by atoms with van der Waals surface area (Å²) in [6, 6.07) is 87.7. The van der Waals surface area contributed by atoms with Gasteiger partial charge in [-0.05, 0) is 128 Å².